The van der Waals surface area contributed by atoms with Crippen LogP contribution in [0, 0.1) is 0 Å². The van der Waals surface area contributed by atoms with E-state index in [1.165, 1.54) is 0 Å². The van der Waals surface area contributed by atoms with Gasteiger partial charge in [0.05, 0.1) is 18.3 Å². The minimum Gasteiger partial charge on any atom is -0.367 e. The van der Waals surface area contributed by atoms with Crippen LogP contribution in [0.1, 0.15) is 21.5 Å². The monoisotopic (exact) mass is 369 g/mol. The van der Waals surface area contributed by atoms with Crippen molar-refractivity contribution in [2.75, 3.05) is 25.0 Å². The van der Waals surface area contributed by atoms with E-state index in [0.717, 1.165) is 22.5 Å². The molecular weight excluding hydrogens is 346 g/mol. The van der Waals surface area contributed by atoms with Crippen LogP contribution in [0.15, 0.2) is 89.9 Å². The second-order valence-corrected chi connectivity index (χ2v) is 6.91. The van der Waals surface area contributed by atoms with E-state index < -0.39 is 0 Å². The van der Waals surface area contributed by atoms with Crippen LogP contribution < -0.4 is 10.2 Å². The largest absolute Gasteiger partial charge is 0.367 e. The van der Waals surface area contributed by atoms with Crippen molar-refractivity contribution in [3.05, 3.63) is 102 Å². The molecule has 0 fully saturated rings. The fraction of sp³-hybridized carbons (Fsp3) is 0.167. The number of fused-ring (bicyclic) bond motifs is 1. The van der Waals surface area contributed by atoms with Crippen molar-refractivity contribution < 1.29 is 4.79 Å². The summed E-state index contributed by atoms with van der Waals surface area (Å²) in [6.07, 6.45) is 0. The van der Waals surface area contributed by atoms with Gasteiger partial charge in [-0.2, -0.15) is 0 Å². The third-order valence-corrected chi connectivity index (χ3v) is 5.13. The van der Waals surface area contributed by atoms with Gasteiger partial charge in [-0.25, -0.2) is 0 Å². The van der Waals surface area contributed by atoms with Gasteiger partial charge >= 0.3 is 0 Å². The molecule has 0 radical (unpaired) electrons. The van der Waals surface area contributed by atoms with E-state index in [2.05, 4.69) is 41.5 Å². The van der Waals surface area contributed by atoms with Crippen LogP contribution in [0.4, 0.5) is 5.69 Å². The number of nitrogens with one attached hydrogen (secondary N) is 1. The highest BCUT2D eigenvalue weighted by Crippen LogP contribution is 2.27. The van der Waals surface area contributed by atoms with Crippen LogP contribution in [0.25, 0.3) is 0 Å². The van der Waals surface area contributed by atoms with Gasteiger partial charge in [0.1, 0.15) is 0 Å². The van der Waals surface area contributed by atoms with E-state index in [-0.39, 0.29) is 11.9 Å². The lowest BCUT2D eigenvalue weighted by Crippen LogP contribution is -2.43. The van der Waals surface area contributed by atoms with Gasteiger partial charge in [0.25, 0.3) is 5.91 Å². The van der Waals surface area contributed by atoms with Crippen LogP contribution in [0.2, 0.25) is 0 Å². The number of hydrogen-bond donors (Lipinski definition) is 1. The molecule has 0 saturated heterocycles. The Balaban J connectivity index is 1.59. The van der Waals surface area contributed by atoms with E-state index in [1.54, 1.807) is 0 Å². The summed E-state index contributed by atoms with van der Waals surface area (Å²) < 4.78 is 0. The number of amides is 1. The molecule has 4 nitrogen and oxygen atoms in total. The van der Waals surface area contributed by atoms with E-state index in [4.69, 9.17) is 4.99 Å². The van der Waals surface area contributed by atoms with Gasteiger partial charge in [-0.05, 0) is 18.2 Å². The fourth-order valence-corrected chi connectivity index (χ4v) is 3.53. The van der Waals surface area contributed by atoms with Crippen LogP contribution in [0.3, 0.4) is 0 Å². The van der Waals surface area contributed by atoms with Crippen LogP contribution in [-0.2, 0) is 0 Å². The van der Waals surface area contributed by atoms with Crippen molar-refractivity contribution in [3.8, 4) is 0 Å². The number of carbonyl (C=O) groups is 1. The molecule has 1 aliphatic heterocycles. The van der Waals surface area contributed by atoms with E-state index in [9.17, 15) is 4.79 Å². The third-order valence-electron chi connectivity index (χ3n) is 5.13. The average Bonchev–Trinajstić information content (AvgIpc) is 2.90. The molecule has 1 amide bonds. The molecule has 3 aromatic rings. The summed E-state index contributed by atoms with van der Waals surface area (Å²) in [7, 11) is 2.07. The Kier molecular flexibility index (Phi) is 5.20. The molecule has 1 aliphatic rings. The fourth-order valence-electron chi connectivity index (χ4n) is 3.53. The Hall–Kier alpha value is -3.40. The van der Waals surface area contributed by atoms with Gasteiger partial charge in [0, 0.05) is 36.0 Å². The van der Waals surface area contributed by atoms with E-state index >= 15 is 0 Å². The summed E-state index contributed by atoms with van der Waals surface area (Å²) in [5, 5.41) is 3.06. The molecule has 1 atom stereocenters. The molecule has 0 bridgehead atoms. The molecule has 0 saturated carbocycles. The Morgan fingerprint density at radius 2 is 1.61 bits per heavy atom. The number of likely N-dealkylation sites (N-methyl/N-ethyl adjacent to an activating group) is 1. The number of hydrogen-bond acceptors (Lipinski definition) is 3. The maximum absolute atomic E-state index is 12.4. The van der Waals surface area contributed by atoms with Crippen LogP contribution >= 0.6 is 0 Å². The maximum atomic E-state index is 12.4. The maximum Gasteiger partial charge on any atom is 0.251 e. The van der Waals surface area contributed by atoms with Gasteiger partial charge in [-0.1, -0.05) is 66.7 Å². The second-order valence-electron chi connectivity index (χ2n) is 6.91. The van der Waals surface area contributed by atoms with Crippen molar-refractivity contribution in [1.82, 2.24) is 5.32 Å². The minimum absolute atomic E-state index is 0.0567. The van der Waals surface area contributed by atoms with Crippen LogP contribution in [0.5, 0.6) is 0 Å². The highest BCUT2D eigenvalue weighted by Gasteiger charge is 2.24. The van der Waals surface area contributed by atoms with Gasteiger partial charge in [-0.15, -0.1) is 0 Å². The van der Waals surface area contributed by atoms with Crippen molar-refractivity contribution >= 4 is 17.3 Å². The number of benzodiazepines with no additional fused rings is 1. The first-order valence-electron chi connectivity index (χ1n) is 9.49. The number of carbonyl (C=O) groups excluding carboxylic acids is 1. The first-order valence-corrected chi connectivity index (χ1v) is 9.49. The highest BCUT2D eigenvalue weighted by atomic mass is 16.1. The molecule has 0 aromatic heterocycles. The van der Waals surface area contributed by atoms with E-state index in [1.807, 2.05) is 60.7 Å². The molecule has 1 unspecified atom stereocenters. The van der Waals surface area contributed by atoms with Crippen molar-refractivity contribution in [3.63, 3.8) is 0 Å². The van der Waals surface area contributed by atoms with Gasteiger partial charge < -0.3 is 10.2 Å². The Bertz CT molecular complexity index is 983. The zero-order valence-corrected chi connectivity index (χ0v) is 15.9. The molecule has 0 aliphatic carbocycles. The number of nitrogens with zero attached hydrogens (tertiary/aromatic N) is 2. The first kappa shape index (κ1) is 18.0. The van der Waals surface area contributed by atoms with Gasteiger partial charge in [-0.3, -0.25) is 9.79 Å². The molecule has 28 heavy (non-hydrogen) atoms. The Labute approximate surface area is 165 Å². The molecule has 4 rings (SSSR count). The summed E-state index contributed by atoms with van der Waals surface area (Å²) in [6, 6.07) is 28.0. The van der Waals surface area contributed by atoms with Gasteiger partial charge in [0.15, 0.2) is 0 Å². The first-order chi connectivity index (χ1) is 13.7. The lowest BCUT2D eigenvalue weighted by Gasteiger charge is -2.28. The molecule has 1 N–H and O–H groups in total. The molecule has 4 heteroatoms. The summed E-state index contributed by atoms with van der Waals surface area (Å²) in [4.78, 5) is 19.6. The smallest absolute Gasteiger partial charge is 0.251 e. The minimum atomic E-state index is -0.0567. The second kappa shape index (κ2) is 8.09. The van der Waals surface area contributed by atoms with Gasteiger partial charge in [0.2, 0.25) is 0 Å². The third kappa shape index (κ3) is 3.67. The molecule has 1 heterocycles. The number of para-hydroxylation sites is 1. The molecule has 3 aromatic carbocycles. The number of rotatable bonds is 4. The molecule has 140 valence electrons. The average molecular weight is 369 g/mol. The molecule has 0 spiro atoms. The summed E-state index contributed by atoms with van der Waals surface area (Å²) in [6.45, 7) is 1.15. The van der Waals surface area contributed by atoms with Crippen molar-refractivity contribution in [1.29, 1.82) is 0 Å². The van der Waals surface area contributed by atoms with Crippen molar-refractivity contribution in [2.45, 2.75) is 6.04 Å². The summed E-state index contributed by atoms with van der Waals surface area (Å²) in [5.41, 5.74) is 5.03. The Morgan fingerprint density at radius 3 is 2.36 bits per heavy atom. The predicted octanol–water partition coefficient (Wildman–Crippen LogP) is 3.77. The lowest BCUT2D eigenvalue weighted by atomic mass is 10.0. The lowest BCUT2D eigenvalue weighted by molar-refractivity contribution is 0.0951. The standard InChI is InChI=1S/C24H23N3O/c1-27-20(17-26-24(28)19-12-6-3-7-13-19)16-25-23(18-10-4-2-5-11-18)21-14-8-9-15-22(21)27/h2-15,20H,16-17H2,1H3,(H,26,28). The quantitative estimate of drug-likeness (QED) is 0.761. The predicted molar refractivity (Wildman–Crippen MR) is 114 cm³/mol. The topological polar surface area (TPSA) is 44.7 Å². The highest BCUT2D eigenvalue weighted by molar-refractivity contribution is 6.16. The Morgan fingerprint density at radius 1 is 0.964 bits per heavy atom. The number of benzene rings is 3. The van der Waals surface area contributed by atoms with E-state index in [0.29, 0.717) is 18.7 Å². The SMILES string of the molecule is CN1c2ccccc2C(c2ccccc2)=NCC1CNC(=O)c1ccccc1. The molecular formula is C24H23N3O. The number of anilines is 1. The van der Waals surface area contributed by atoms with Crippen molar-refractivity contribution in [2.24, 2.45) is 4.99 Å². The van der Waals surface area contributed by atoms with Crippen LogP contribution in [-0.4, -0.2) is 37.8 Å². The zero-order chi connectivity index (χ0) is 19.3. The zero-order valence-electron chi connectivity index (χ0n) is 15.9. The normalized spacial score (nSPS) is 16.0. The summed E-state index contributed by atoms with van der Waals surface area (Å²) >= 11 is 0. The number of aliphatic imine (C=N–C) groups is 1. The summed E-state index contributed by atoms with van der Waals surface area (Å²) in [5.74, 6) is -0.0567.